The van der Waals surface area contributed by atoms with Crippen LogP contribution in [0.25, 0.3) is 10.8 Å². The molecule has 19 heavy (non-hydrogen) atoms. The number of fused-ring (bicyclic) bond motifs is 1. The molecule has 0 radical (unpaired) electrons. The minimum atomic E-state index is -0.625. The van der Waals surface area contributed by atoms with Crippen LogP contribution in [-0.4, -0.2) is 15.8 Å². The summed E-state index contributed by atoms with van der Waals surface area (Å²) < 4.78 is 13.6. The molecule has 0 aliphatic carbocycles. The Kier molecular flexibility index (Phi) is 2.76. The number of benzene rings is 1. The van der Waals surface area contributed by atoms with Crippen molar-refractivity contribution in [1.82, 2.24) is 9.97 Å². The molecular formula is C15H9FN2O. The Morgan fingerprint density at radius 3 is 2.74 bits per heavy atom. The van der Waals surface area contributed by atoms with E-state index in [4.69, 9.17) is 0 Å². The molecule has 0 unspecified atom stereocenters. The van der Waals surface area contributed by atoms with Gasteiger partial charge in [-0.1, -0.05) is 24.3 Å². The van der Waals surface area contributed by atoms with E-state index in [1.54, 1.807) is 6.20 Å². The van der Waals surface area contributed by atoms with Crippen LogP contribution >= 0.6 is 0 Å². The Hall–Kier alpha value is -2.62. The van der Waals surface area contributed by atoms with Crippen LogP contribution in [0.15, 0.2) is 55.0 Å². The molecule has 0 saturated heterocycles. The maximum Gasteiger partial charge on any atom is 0.216 e. The van der Waals surface area contributed by atoms with E-state index in [0.29, 0.717) is 5.56 Å². The number of carbonyl (C=O) groups excluding carboxylic acids is 1. The minimum absolute atomic E-state index is 0.180. The van der Waals surface area contributed by atoms with E-state index in [1.807, 2.05) is 24.3 Å². The fourth-order valence-electron chi connectivity index (χ4n) is 1.98. The molecule has 0 amide bonds. The third-order valence-corrected chi connectivity index (χ3v) is 2.89. The number of rotatable bonds is 2. The standard InChI is InChI=1S/C15H9FN2O/c16-13-6-3-7-18-14(13)15(19)12-9-17-8-10-4-1-2-5-11(10)12/h1-9H. The molecule has 0 spiro atoms. The van der Waals surface area contributed by atoms with Crippen LogP contribution in [0, 0.1) is 5.82 Å². The number of ketones is 1. The monoisotopic (exact) mass is 252 g/mol. The largest absolute Gasteiger partial charge is 0.287 e. The molecule has 0 bridgehead atoms. The van der Waals surface area contributed by atoms with Gasteiger partial charge >= 0.3 is 0 Å². The van der Waals surface area contributed by atoms with E-state index in [2.05, 4.69) is 9.97 Å². The van der Waals surface area contributed by atoms with Crippen LogP contribution in [0.4, 0.5) is 4.39 Å². The molecule has 0 N–H and O–H groups in total. The van der Waals surface area contributed by atoms with Crippen molar-refractivity contribution in [3.05, 3.63) is 72.1 Å². The summed E-state index contributed by atoms with van der Waals surface area (Å²) in [6.45, 7) is 0. The van der Waals surface area contributed by atoms with Crippen LogP contribution in [0.2, 0.25) is 0 Å². The highest BCUT2D eigenvalue weighted by Gasteiger charge is 2.17. The average molecular weight is 252 g/mol. The van der Waals surface area contributed by atoms with Crippen molar-refractivity contribution < 1.29 is 9.18 Å². The summed E-state index contributed by atoms with van der Waals surface area (Å²) >= 11 is 0. The zero-order valence-corrected chi connectivity index (χ0v) is 9.88. The molecule has 2 aromatic heterocycles. The smallest absolute Gasteiger partial charge is 0.216 e. The zero-order chi connectivity index (χ0) is 13.2. The summed E-state index contributed by atoms with van der Waals surface area (Å²) in [5, 5.41) is 1.58. The fraction of sp³-hybridized carbons (Fsp3) is 0. The molecule has 0 aliphatic heterocycles. The Balaban J connectivity index is 2.20. The van der Waals surface area contributed by atoms with Crippen molar-refractivity contribution in [2.24, 2.45) is 0 Å². The fourth-order valence-corrected chi connectivity index (χ4v) is 1.98. The lowest BCUT2D eigenvalue weighted by molar-refractivity contribution is 0.103. The normalized spacial score (nSPS) is 10.6. The van der Waals surface area contributed by atoms with Gasteiger partial charge in [0, 0.05) is 24.0 Å². The molecule has 3 rings (SSSR count). The molecular weight excluding hydrogens is 243 g/mol. The van der Waals surface area contributed by atoms with Crippen molar-refractivity contribution in [2.75, 3.05) is 0 Å². The number of hydrogen-bond acceptors (Lipinski definition) is 3. The SMILES string of the molecule is O=C(c1ncccc1F)c1cncc2ccccc12. The summed E-state index contributed by atoms with van der Waals surface area (Å²) in [7, 11) is 0. The summed E-state index contributed by atoms with van der Waals surface area (Å²) in [6.07, 6.45) is 4.51. The van der Waals surface area contributed by atoms with Gasteiger partial charge in [0.1, 0.15) is 5.69 Å². The Morgan fingerprint density at radius 2 is 1.89 bits per heavy atom. The molecule has 0 aliphatic rings. The van der Waals surface area contributed by atoms with Gasteiger partial charge in [0.25, 0.3) is 0 Å². The van der Waals surface area contributed by atoms with Gasteiger partial charge in [-0.2, -0.15) is 0 Å². The first-order valence-electron chi connectivity index (χ1n) is 5.75. The van der Waals surface area contributed by atoms with Gasteiger partial charge in [-0.15, -0.1) is 0 Å². The molecule has 4 heteroatoms. The van der Waals surface area contributed by atoms with Gasteiger partial charge in [0.05, 0.1) is 5.56 Å². The summed E-state index contributed by atoms with van der Waals surface area (Å²) in [5.41, 5.74) is 0.177. The number of hydrogen-bond donors (Lipinski definition) is 0. The second-order valence-electron chi connectivity index (χ2n) is 4.07. The van der Waals surface area contributed by atoms with Crippen LogP contribution in [-0.2, 0) is 0 Å². The Labute approximate surface area is 108 Å². The minimum Gasteiger partial charge on any atom is -0.287 e. The van der Waals surface area contributed by atoms with E-state index in [-0.39, 0.29) is 5.69 Å². The van der Waals surface area contributed by atoms with Gasteiger partial charge in [-0.3, -0.25) is 9.78 Å². The number of carbonyl (C=O) groups is 1. The molecule has 3 aromatic rings. The van der Waals surface area contributed by atoms with E-state index in [1.165, 1.54) is 24.5 Å². The first kappa shape index (κ1) is 11.5. The van der Waals surface area contributed by atoms with Crippen molar-refractivity contribution in [1.29, 1.82) is 0 Å². The number of nitrogens with zero attached hydrogens (tertiary/aromatic N) is 2. The quantitative estimate of drug-likeness (QED) is 0.658. The zero-order valence-electron chi connectivity index (χ0n) is 9.88. The van der Waals surface area contributed by atoms with Crippen LogP contribution in [0.5, 0.6) is 0 Å². The van der Waals surface area contributed by atoms with Gasteiger partial charge < -0.3 is 0 Å². The first-order chi connectivity index (χ1) is 9.27. The third kappa shape index (κ3) is 1.97. The van der Waals surface area contributed by atoms with E-state index >= 15 is 0 Å². The summed E-state index contributed by atoms with van der Waals surface area (Å²) in [5.74, 6) is -1.08. The summed E-state index contributed by atoms with van der Waals surface area (Å²) in [4.78, 5) is 20.2. The van der Waals surface area contributed by atoms with Crippen LogP contribution < -0.4 is 0 Å². The molecule has 0 fully saturated rings. The lowest BCUT2D eigenvalue weighted by Gasteiger charge is -2.05. The van der Waals surface area contributed by atoms with Gasteiger partial charge in [-0.05, 0) is 17.5 Å². The molecule has 0 saturated carbocycles. The number of pyridine rings is 2. The topological polar surface area (TPSA) is 42.9 Å². The van der Waals surface area contributed by atoms with E-state index < -0.39 is 11.6 Å². The highest BCUT2D eigenvalue weighted by Crippen LogP contribution is 2.20. The average Bonchev–Trinajstić information content (AvgIpc) is 2.46. The highest BCUT2D eigenvalue weighted by atomic mass is 19.1. The van der Waals surface area contributed by atoms with Gasteiger partial charge in [0.15, 0.2) is 5.82 Å². The van der Waals surface area contributed by atoms with Crippen molar-refractivity contribution in [3.63, 3.8) is 0 Å². The van der Waals surface area contributed by atoms with Crippen molar-refractivity contribution in [2.45, 2.75) is 0 Å². The second kappa shape index (κ2) is 4.57. The predicted octanol–water partition coefficient (Wildman–Crippen LogP) is 3.00. The summed E-state index contributed by atoms with van der Waals surface area (Å²) in [6, 6.07) is 10.0. The van der Waals surface area contributed by atoms with Crippen LogP contribution in [0.3, 0.4) is 0 Å². The number of aromatic nitrogens is 2. The maximum atomic E-state index is 13.6. The van der Waals surface area contributed by atoms with E-state index in [9.17, 15) is 9.18 Å². The molecule has 2 heterocycles. The third-order valence-electron chi connectivity index (χ3n) is 2.89. The molecule has 0 atom stereocenters. The maximum absolute atomic E-state index is 13.6. The number of halogens is 1. The van der Waals surface area contributed by atoms with Gasteiger partial charge in [-0.25, -0.2) is 9.37 Å². The second-order valence-corrected chi connectivity index (χ2v) is 4.07. The van der Waals surface area contributed by atoms with Crippen LogP contribution in [0.1, 0.15) is 16.1 Å². The Morgan fingerprint density at radius 1 is 1.05 bits per heavy atom. The molecule has 1 aromatic carbocycles. The van der Waals surface area contributed by atoms with Gasteiger partial charge in [0.2, 0.25) is 5.78 Å². The Bertz CT molecular complexity index is 765. The lowest BCUT2D eigenvalue weighted by atomic mass is 10.0. The predicted molar refractivity (Wildman–Crippen MR) is 69.4 cm³/mol. The van der Waals surface area contributed by atoms with Crippen molar-refractivity contribution in [3.8, 4) is 0 Å². The lowest BCUT2D eigenvalue weighted by Crippen LogP contribution is -2.07. The van der Waals surface area contributed by atoms with E-state index in [0.717, 1.165) is 10.8 Å². The molecule has 3 nitrogen and oxygen atoms in total. The first-order valence-corrected chi connectivity index (χ1v) is 5.75. The van der Waals surface area contributed by atoms with Crippen molar-refractivity contribution >= 4 is 16.6 Å². The highest BCUT2D eigenvalue weighted by molar-refractivity contribution is 6.15. The molecule has 92 valence electrons.